The molecule has 1 aliphatic rings. The largest absolute Gasteiger partial charge is 0.394 e. The number of nitrogens with one attached hydrogen (secondary N) is 1. The molecule has 6 heteroatoms. The molecule has 6 nitrogen and oxygen atoms in total. The topological polar surface area (TPSA) is 89.9 Å². The molecule has 1 aliphatic heterocycles. The molecule has 0 spiro atoms. The van der Waals surface area contributed by atoms with Gasteiger partial charge in [-0.15, -0.1) is 0 Å². The van der Waals surface area contributed by atoms with Crippen LogP contribution in [0.1, 0.15) is 53.3 Å². The minimum absolute atomic E-state index is 0.420. The maximum absolute atomic E-state index is 12.9. The number of carbonyl (C=O) groups excluding carboxylic acids is 2. The number of carbonyl (C=O) groups is 2. The van der Waals surface area contributed by atoms with Crippen LogP contribution in [0, 0.1) is 0 Å². The minimum Gasteiger partial charge on any atom is -0.394 e. The monoisotopic (exact) mass is 370 g/mol. The first-order chi connectivity index (χ1) is 13.1. The predicted molar refractivity (Wildman–Crippen MR) is 105 cm³/mol. The summed E-state index contributed by atoms with van der Waals surface area (Å²) in [5.74, 6) is -0.961. The average Bonchev–Trinajstić information content (AvgIpc) is 2.69. The van der Waals surface area contributed by atoms with E-state index in [0.717, 1.165) is 28.9 Å². The molecule has 0 aromatic heterocycles. The van der Waals surface area contributed by atoms with Crippen LogP contribution in [0.4, 0.5) is 5.69 Å². The van der Waals surface area contributed by atoms with Gasteiger partial charge in [-0.2, -0.15) is 0 Å². The van der Waals surface area contributed by atoms with Crippen molar-refractivity contribution >= 4 is 28.3 Å². The first-order valence-corrected chi connectivity index (χ1v) is 9.53. The summed E-state index contributed by atoms with van der Waals surface area (Å²) in [6.07, 6.45) is 4.63. The molecule has 0 atom stereocenters. The van der Waals surface area contributed by atoms with E-state index in [0.29, 0.717) is 16.5 Å². The van der Waals surface area contributed by atoms with Crippen LogP contribution in [0.25, 0.3) is 10.8 Å². The highest BCUT2D eigenvalue weighted by molar-refractivity contribution is 6.26. The first-order valence-electron chi connectivity index (χ1n) is 9.53. The summed E-state index contributed by atoms with van der Waals surface area (Å²) in [6.45, 7) is 2.06. The van der Waals surface area contributed by atoms with Crippen LogP contribution in [-0.4, -0.2) is 52.7 Å². The zero-order valence-electron chi connectivity index (χ0n) is 15.6. The van der Waals surface area contributed by atoms with Crippen LogP contribution < -0.4 is 5.32 Å². The van der Waals surface area contributed by atoms with Crippen LogP contribution in [0.3, 0.4) is 0 Å². The number of unbranched alkanes of at least 4 members (excludes halogenated alkanes) is 3. The number of benzene rings is 2. The Labute approximate surface area is 158 Å². The van der Waals surface area contributed by atoms with Crippen molar-refractivity contribution in [3.63, 3.8) is 0 Å². The highest BCUT2D eigenvalue weighted by Crippen LogP contribution is 2.35. The molecular weight excluding hydrogens is 344 g/mol. The lowest BCUT2D eigenvalue weighted by Gasteiger charge is -2.32. The fourth-order valence-electron chi connectivity index (χ4n) is 3.60. The molecule has 3 N–H and O–H groups in total. The van der Waals surface area contributed by atoms with Crippen molar-refractivity contribution in [3.8, 4) is 0 Å². The van der Waals surface area contributed by atoms with E-state index < -0.39 is 31.1 Å². The van der Waals surface area contributed by atoms with Gasteiger partial charge in [0.25, 0.3) is 11.8 Å². The van der Waals surface area contributed by atoms with Crippen LogP contribution in [0.2, 0.25) is 0 Å². The highest BCUT2D eigenvalue weighted by Gasteiger charge is 2.37. The van der Waals surface area contributed by atoms with Crippen molar-refractivity contribution < 1.29 is 19.8 Å². The third-order valence-electron chi connectivity index (χ3n) is 5.07. The Hall–Kier alpha value is -2.44. The van der Waals surface area contributed by atoms with Gasteiger partial charge in [-0.1, -0.05) is 38.3 Å². The molecule has 27 heavy (non-hydrogen) atoms. The maximum Gasteiger partial charge on any atom is 0.261 e. The van der Waals surface area contributed by atoms with E-state index in [4.69, 9.17) is 0 Å². The number of aliphatic hydroxyl groups excluding tert-OH is 2. The van der Waals surface area contributed by atoms with Gasteiger partial charge in [0.05, 0.1) is 19.3 Å². The number of imide groups is 1. The van der Waals surface area contributed by atoms with Crippen LogP contribution in [-0.2, 0) is 0 Å². The maximum atomic E-state index is 12.9. The van der Waals surface area contributed by atoms with Crippen molar-refractivity contribution in [3.05, 3.63) is 41.5 Å². The van der Waals surface area contributed by atoms with Gasteiger partial charge in [0.15, 0.2) is 0 Å². The number of aliphatic hydroxyl groups is 2. The van der Waals surface area contributed by atoms with Crippen LogP contribution in [0.15, 0.2) is 30.3 Å². The molecule has 0 radical (unpaired) electrons. The molecule has 0 unspecified atom stereocenters. The van der Waals surface area contributed by atoms with Crippen LogP contribution in [0.5, 0.6) is 0 Å². The van der Waals surface area contributed by atoms with E-state index in [1.165, 1.54) is 19.3 Å². The minimum atomic E-state index is -0.940. The van der Waals surface area contributed by atoms with Crippen molar-refractivity contribution in [2.24, 2.45) is 0 Å². The van der Waals surface area contributed by atoms with Crippen LogP contribution >= 0.6 is 0 Å². The second-order valence-corrected chi connectivity index (χ2v) is 6.88. The fraction of sp³-hybridized carbons (Fsp3) is 0.429. The van der Waals surface area contributed by atoms with Gasteiger partial charge < -0.3 is 15.5 Å². The lowest BCUT2D eigenvalue weighted by Crippen LogP contribution is -2.50. The second-order valence-electron chi connectivity index (χ2n) is 6.88. The van der Waals surface area contributed by atoms with Gasteiger partial charge in [-0.3, -0.25) is 14.5 Å². The highest BCUT2D eigenvalue weighted by atomic mass is 16.3. The van der Waals surface area contributed by atoms with E-state index in [1.807, 2.05) is 12.1 Å². The fourth-order valence-corrected chi connectivity index (χ4v) is 3.60. The number of hydrogen-bond acceptors (Lipinski definition) is 5. The van der Waals surface area contributed by atoms with E-state index in [9.17, 15) is 19.8 Å². The van der Waals surface area contributed by atoms with Gasteiger partial charge >= 0.3 is 0 Å². The smallest absolute Gasteiger partial charge is 0.261 e. The number of hydrogen-bond donors (Lipinski definition) is 3. The molecular formula is C21H26N2O4. The molecule has 0 bridgehead atoms. The number of nitrogens with zero attached hydrogens (tertiary/aromatic N) is 1. The van der Waals surface area contributed by atoms with Gasteiger partial charge in [0.1, 0.15) is 0 Å². The Morgan fingerprint density at radius 3 is 2.33 bits per heavy atom. The van der Waals surface area contributed by atoms with Crippen molar-refractivity contribution in [1.82, 2.24) is 4.90 Å². The Morgan fingerprint density at radius 1 is 0.963 bits per heavy atom. The summed E-state index contributed by atoms with van der Waals surface area (Å²) < 4.78 is 0. The third-order valence-corrected chi connectivity index (χ3v) is 5.07. The molecule has 3 rings (SSSR count). The Kier molecular flexibility index (Phi) is 6.08. The normalized spacial score (nSPS) is 13.7. The molecule has 0 aliphatic carbocycles. The SMILES string of the molecule is CCCCCCNc1ccc2c3c(cccc13)C(=O)N(C(CO)CO)C2=O. The summed E-state index contributed by atoms with van der Waals surface area (Å²) in [5.41, 5.74) is 1.74. The molecule has 0 fully saturated rings. The second kappa shape index (κ2) is 8.50. The predicted octanol–water partition coefficient (Wildman–Crippen LogP) is 2.78. The van der Waals surface area contributed by atoms with Gasteiger partial charge in [-0.05, 0) is 24.6 Å². The molecule has 0 saturated heterocycles. The van der Waals surface area contributed by atoms with Crippen molar-refractivity contribution in [1.29, 1.82) is 0 Å². The lowest BCUT2D eigenvalue weighted by molar-refractivity contribution is 0.0375. The Morgan fingerprint density at radius 2 is 1.67 bits per heavy atom. The number of rotatable bonds is 9. The molecule has 0 saturated carbocycles. The van der Waals surface area contributed by atoms with E-state index in [1.54, 1.807) is 18.2 Å². The number of amides is 2. The molecule has 1 heterocycles. The van der Waals surface area contributed by atoms with Gasteiger partial charge in [0.2, 0.25) is 0 Å². The molecule has 2 aromatic carbocycles. The molecule has 2 aromatic rings. The summed E-state index contributed by atoms with van der Waals surface area (Å²) in [5, 5.41) is 23.8. The van der Waals surface area contributed by atoms with Gasteiger partial charge in [-0.25, -0.2) is 0 Å². The summed E-state index contributed by atoms with van der Waals surface area (Å²) in [6, 6.07) is 8.02. The molecule has 144 valence electrons. The quantitative estimate of drug-likeness (QED) is 0.466. The Balaban J connectivity index is 1.97. The molecule has 2 amide bonds. The lowest BCUT2D eigenvalue weighted by atomic mass is 9.92. The first kappa shape index (κ1) is 19.3. The summed E-state index contributed by atoms with van der Waals surface area (Å²) in [4.78, 5) is 26.7. The van der Waals surface area contributed by atoms with E-state index in [2.05, 4.69) is 12.2 Å². The van der Waals surface area contributed by atoms with Crippen molar-refractivity contribution in [2.75, 3.05) is 25.1 Å². The van der Waals surface area contributed by atoms with E-state index >= 15 is 0 Å². The zero-order chi connectivity index (χ0) is 19.4. The standard InChI is InChI=1S/C21H26N2O4/c1-2-3-4-5-11-22-18-10-9-17-19-15(18)7-6-8-16(19)20(26)23(21(17)27)14(12-24)13-25/h6-10,14,22,24-25H,2-5,11-13H2,1H3. The Bertz CT molecular complexity index is 823. The zero-order valence-corrected chi connectivity index (χ0v) is 15.6. The summed E-state index contributed by atoms with van der Waals surface area (Å²) in [7, 11) is 0. The third kappa shape index (κ3) is 3.55. The van der Waals surface area contributed by atoms with Crippen molar-refractivity contribution in [2.45, 2.75) is 38.6 Å². The number of anilines is 1. The van der Waals surface area contributed by atoms with Gasteiger partial charge in [0, 0.05) is 34.1 Å². The average molecular weight is 370 g/mol. The summed E-state index contributed by atoms with van der Waals surface area (Å²) >= 11 is 0. The van der Waals surface area contributed by atoms with E-state index in [-0.39, 0.29) is 0 Å².